The molecular formula is C24H38O. The molecule has 1 heteroatoms. The first-order chi connectivity index (χ1) is 11.9. The Balaban J connectivity index is 1.61. The molecule has 25 heavy (non-hydrogen) atoms. The maximum Gasteiger partial charge on any atom is 0.0724 e. The van der Waals surface area contributed by atoms with E-state index < -0.39 is 0 Å². The quantitative estimate of drug-likeness (QED) is 0.598. The summed E-state index contributed by atoms with van der Waals surface area (Å²) in [5.74, 6) is 4.35. The predicted molar refractivity (Wildman–Crippen MR) is 105 cm³/mol. The van der Waals surface area contributed by atoms with Crippen LogP contribution in [0.4, 0.5) is 0 Å². The molecule has 0 heterocycles. The van der Waals surface area contributed by atoms with E-state index in [2.05, 4.69) is 45.9 Å². The average molecular weight is 343 g/mol. The molecule has 0 aromatic rings. The molecule has 3 unspecified atom stereocenters. The fourth-order valence-electron chi connectivity index (χ4n) is 8.05. The van der Waals surface area contributed by atoms with Gasteiger partial charge in [-0.2, -0.15) is 0 Å². The van der Waals surface area contributed by atoms with Crippen LogP contribution in [-0.2, 0) is 0 Å². The Morgan fingerprint density at radius 1 is 1.08 bits per heavy atom. The Bertz CT molecular complexity index is 575. The molecule has 1 N–H and O–H groups in total. The van der Waals surface area contributed by atoms with Gasteiger partial charge in [0.15, 0.2) is 0 Å². The van der Waals surface area contributed by atoms with Gasteiger partial charge < -0.3 is 5.11 Å². The smallest absolute Gasteiger partial charge is 0.0724 e. The Labute approximate surface area is 155 Å². The molecule has 0 aliphatic heterocycles. The topological polar surface area (TPSA) is 20.2 Å². The van der Waals surface area contributed by atoms with Gasteiger partial charge in [0.2, 0.25) is 0 Å². The van der Waals surface area contributed by atoms with Crippen LogP contribution in [-0.4, -0.2) is 11.2 Å². The fourth-order valence-corrected chi connectivity index (χ4v) is 8.05. The summed E-state index contributed by atoms with van der Waals surface area (Å²) < 4.78 is 0. The maximum atomic E-state index is 10.1. The van der Waals surface area contributed by atoms with Crippen molar-refractivity contribution in [1.29, 1.82) is 0 Å². The van der Waals surface area contributed by atoms with Gasteiger partial charge in [-0.1, -0.05) is 44.6 Å². The number of rotatable bonds is 2. The van der Waals surface area contributed by atoms with Crippen LogP contribution in [0.25, 0.3) is 0 Å². The third kappa shape index (κ3) is 2.59. The second-order valence-corrected chi connectivity index (χ2v) is 10.2. The molecular weight excluding hydrogens is 304 g/mol. The molecule has 0 amide bonds. The van der Waals surface area contributed by atoms with Gasteiger partial charge in [-0.25, -0.2) is 0 Å². The lowest BCUT2D eigenvalue weighted by atomic mass is 9.46. The third-order valence-electron chi connectivity index (χ3n) is 9.29. The van der Waals surface area contributed by atoms with Gasteiger partial charge in [0, 0.05) is 0 Å². The van der Waals surface area contributed by atoms with Crippen molar-refractivity contribution in [3.05, 3.63) is 23.8 Å². The van der Waals surface area contributed by atoms with Gasteiger partial charge in [-0.3, -0.25) is 0 Å². The van der Waals surface area contributed by atoms with Crippen LogP contribution in [0, 0.1) is 40.4 Å². The zero-order valence-corrected chi connectivity index (χ0v) is 16.8. The molecule has 4 aliphatic carbocycles. The molecule has 3 fully saturated rings. The SMILES string of the molecule is CC=C[C@H](C)[C@H]1CCC2C3CCC4=C[C@@H](O)CC[C@]4(C)C3CC[C@@]21C. The molecule has 8 atom stereocenters. The van der Waals surface area contributed by atoms with Gasteiger partial charge in [-0.15, -0.1) is 0 Å². The standard InChI is InChI=1S/C24H38O/c1-5-6-16(2)20-9-10-21-19-8-7-17-15-18(25)11-13-23(17,3)22(19)12-14-24(20,21)4/h5-6,15-16,18-22,25H,7-14H2,1-4H3/t16-,18-,19?,20+,21?,22?,23-,24+/m0/s1. The molecule has 4 rings (SSSR count). The molecule has 0 spiro atoms. The van der Waals surface area contributed by atoms with E-state index in [4.69, 9.17) is 0 Å². The summed E-state index contributed by atoms with van der Waals surface area (Å²) in [6, 6.07) is 0. The van der Waals surface area contributed by atoms with Gasteiger partial charge in [-0.05, 0) is 98.7 Å². The van der Waals surface area contributed by atoms with Gasteiger partial charge in [0.05, 0.1) is 6.10 Å². The van der Waals surface area contributed by atoms with Crippen molar-refractivity contribution < 1.29 is 5.11 Å². The number of aliphatic hydroxyl groups excluding tert-OH is 1. The second kappa shape index (κ2) is 6.25. The summed E-state index contributed by atoms with van der Waals surface area (Å²) in [5, 5.41) is 10.1. The lowest BCUT2D eigenvalue weighted by molar-refractivity contribution is -0.0595. The summed E-state index contributed by atoms with van der Waals surface area (Å²) in [7, 11) is 0. The summed E-state index contributed by atoms with van der Waals surface area (Å²) in [6.45, 7) is 9.81. The summed E-state index contributed by atoms with van der Waals surface area (Å²) in [4.78, 5) is 0. The van der Waals surface area contributed by atoms with Crippen LogP contribution in [0.5, 0.6) is 0 Å². The monoisotopic (exact) mass is 342 g/mol. The van der Waals surface area contributed by atoms with E-state index in [0.29, 0.717) is 10.8 Å². The van der Waals surface area contributed by atoms with E-state index in [-0.39, 0.29) is 6.10 Å². The van der Waals surface area contributed by atoms with Crippen molar-refractivity contribution in [3.8, 4) is 0 Å². The first kappa shape index (κ1) is 17.8. The van der Waals surface area contributed by atoms with Crippen LogP contribution in [0.2, 0.25) is 0 Å². The molecule has 3 saturated carbocycles. The van der Waals surface area contributed by atoms with Crippen molar-refractivity contribution >= 4 is 0 Å². The summed E-state index contributed by atoms with van der Waals surface area (Å²) >= 11 is 0. The average Bonchev–Trinajstić information content (AvgIpc) is 2.93. The Hall–Kier alpha value is -0.560. The van der Waals surface area contributed by atoms with Crippen LogP contribution in [0.1, 0.15) is 79.1 Å². The van der Waals surface area contributed by atoms with Crippen molar-refractivity contribution in [2.75, 3.05) is 0 Å². The summed E-state index contributed by atoms with van der Waals surface area (Å²) in [6.07, 6.45) is 17.3. The second-order valence-electron chi connectivity index (χ2n) is 10.2. The largest absolute Gasteiger partial charge is 0.389 e. The minimum Gasteiger partial charge on any atom is -0.389 e. The van der Waals surface area contributed by atoms with Crippen molar-refractivity contribution in [1.82, 2.24) is 0 Å². The molecule has 4 aliphatic rings. The maximum absolute atomic E-state index is 10.1. The van der Waals surface area contributed by atoms with Gasteiger partial charge in [0.1, 0.15) is 0 Å². The first-order valence-electron chi connectivity index (χ1n) is 10.9. The van der Waals surface area contributed by atoms with Gasteiger partial charge in [0.25, 0.3) is 0 Å². The highest BCUT2D eigenvalue weighted by molar-refractivity contribution is 5.25. The number of allylic oxidation sites excluding steroid dienone is 3. The number of hydrogen-bond acceptors (Lipinski definition) is 1. The molecule has 0 aromatic heterocycles. The van der Waals surface area contributed by atoms with Crippen LogP contribution >= 0.6 is 0 Å². The third-order valence-corrected chi connectivity index (χ3v) is 9.29. The lowest BCUT2D eigenvalue weighted by Gasteiger charge is -2.59. The Kier molecular flexibility index (Phi) is 4.46. The zero-order chi connectivity index (χ0) is 17.8. The van der Waals surface area contributed by atoms with Crippen LogP contribution in [0.3, 0.4) is 0 Å². The van der Waals surface area contributed by atoms with E-state index in [9.17, 15) is 5.11 Å². The Morgan fingerprint density at radius 3 is 2.64 bits per heavy atom. The molecule has 0 bridgehead atoms. The summed E-state index contributed by atoms with van der Waals surface area (Å²) in [5.41, 5.74) is 2.55. The highest BCUT2D eigenvalue weighted by Crippen LogP contribution is 2.67. The predicted octanol–water partition coefficient (Wildman–Crippen LogP) is 6.14. The first-order valence-corrected chi connectivity index (χ1v) is 10.9. The van der Waals surface area contributed by atoms with Crippen LogP contribution < -0.4 is 0 Å². The molecule has 0 saturated heterocycles. The van der Waals surface area contributed by atoms with Crippen molar-refractivity contribution in [2.24, 2.45) is 40.4 Å². The molecule has 0 aromatic carbocycles. The van der Waals surface area contributed by atoms with E-state index >= 15 is 0 Å². The van der Waals surface area contributed by atoms with E-state index in [1.807, 2.05) is 0 Å². The molecule has 140 valence electrons. The number of hydrogen-bond donors (Lipinski definition) is 1. The van der Waals surface area contributed by atoms with Crippen molar-refractivity contribution in [2.45, 2.75) is 85.2 Å². The molecule has 1 nitrogen and oxygen atoms in total. The highest BCUT2D eigenvalue weighted by atomic mass is 16.3. The van der Waals surface area contributed by atoms with E-state index in [1.54, 1.807) is 5.57 Å². The minimum atomic E-state index is -0.175. The minimum absolute atomic E-state index is 0.175. The fraction of sp³-hybridized carbons (Fsp3) is 0.833. The molecule has 0 radical (unpaired) electrons. The van der Waals surface area contributed by atoms with Gasteiger partial charge >= 0.3 is 0 Å². The van der Waals surface area contributed by atoms with Crippen LogP contribution in [0.15, 0.2) is 23.8 Å². The Morgan fingerprint density at radius 2 is 1.88 bits per heavy atom. The zero-order valence-electron chi connectivity index (χ0n) is 16.8. The van der Waals surface area contributed by atoms with Crippen molar-refractivity contribution in [3.63, 3.8) is 0 Å². The highest BCUT2D eigenvalue weighted by Gasteiger charge is 2.59. The number of fused-ring (bicyclic) bond motifs is 5. The van der Waals surface area contributed by atoms with E-state index in [0.717, 1.165) is 36.0 Å². The lowest BCUT2D eigenvalue weighted by Crippen LogP contribution is -2.51. The normalized spacial score (nSPS) is 50.8. The number of aliphatic hydroxyl groups is 1. The van der Waals surface area contributed by atoms with E-state index in [1.165, 1.54) is 44.9 Å².